The maximum absolute atomic E-state index is 14.4. The molecule has 6 nitrogen and oxygen atoms in total. The molecule has 1 aliphatic rings. The van der Waals surface area contributed by atoms with Crippen LogP contribution in [0, 0.1) is 12.7 Å². The van der Waals surface area contributed by atoms with Crippen LogP contribution < -0.4 is 5.32 Å². The monoisotopic (exact) mass is 362 g/mol. The Balaban J connectivity index is 1.70. The average molecular weight is 362 g/mol. The number of hydrogen-bond donors (Lipinski definition) is 1. The molecule has 1 atom stereocenters. The molecule has 134 valence electrons. The van der Waals surface area contributed by atoms with Crippen LogP contribution in [0.4, 0.5) is 10.2 Å². The largest absolute Gasteiger partial charge is 0.422 e. The minimum Gasteiger partial charge on any atom is -0.422 e. The van der Waals surface area contributed by atoms with Crippen molar-refractivity contribution >= 4 is 22.8 Å². The van der Waals surface area contributed by atoms with E-state index in [1.165, 1.54) is 10.7 Å². The maximum Gasteiger partial charge on any atom is 0.325 e. The molecule has 0 saturated carbocycles. The first-order valence-electron chi connectivity index (χ1n) is 8.61. The summed E-state index contributed by atoms with van der Waals surface area (Å²) in [6.45, 7) is 1.84. The minimum absolute atomic E-state index is 0.161. The van der Waals surface area contributed by atoms with Gasteiger partial charge in [-0.1, -0.05) is 30.3 Å². The molecule has 5 rings (SSSR count). The van der Waals surface area contributed by atoms with Crippen molar-refractivity contribution in [2.45, 2.75) is 19.3 Å². The van der Waals surface area contributed by atoms with E-state index < -0.39 is 5.92 Å². The fourth-order valence-electron chi connectivity index (χ4n) is 3.66. The van der Waals surface area contributed by atoms with Crippen LogP contribution in [0.25, 0.3) is 17.1 Å². The smallest absolute Gasteiger partial charge is 0.325 e. The lowest BCUT2D eigenvalue weighted by molar-refractivity contribution is -0.116. The van der Waals surface area contributed by atoms with E-state index in [0.717, 1.165) is 5.56 Å². The van der Waals surface area contributed by atoms with Crippen LogP contribution in [0.2, 0.25) is 0 Å². The SMILES string of the molecule is Cc1nn(-c2nc3ccccc3o2)c2c1[C@@H](c1ccccc1F)CC(=O)N2. The number of carbonyl (C=O) groups is 1. The summed E-state index contributed by atoms with van der Waals surface area (Å²) in [4.78, 5) is 16.8. The third-order valence-corrected chi connectivity index (χ3v) is 4.85. The van der Waals surface area contributed by atoms with Crippen LogP contribution in [0.5, 0.6) is 0 Å². The van der Waals surface area contributed by atoms with Crippen molar-refractivity contribution < 1.29 is 13.6 Å². The molecular formula is C20H15FN4O2. The van der Waals surface area contributed by atoms with Gasteiger partial charge in [-0.25, -0.2) is 4.39 Å². The summed E-state index contributed by atoms with van der Waals surface area (Å²) in [7, 11) is 0. The van der Waals surface area contributed by atoms with E-state index in [4.69, 9.17) is 4.42 Å². The zero-order chi connectivity index (χ0) is 18.5. The first-order valence-corrected chi connectivity index (χ1v) is 8.61. The third kappa shape index (κ3) is 2.43. The van der Waals surface area contributed by atoms with Gasteiger partial charge in [0.1, 0.15) is 17.2 Å². The fourth-order valence-corrected chi connectivity index (χ4v) is 3.66. The molecule has 2 aromatic carbocycles. The molecule has 1 amide bonds. The van der Waals surface area contributed by atoms with Crippen molar-refractivity contribution in [2.75, 3.05) is 5.32 Å². The quantitative estimate of drug-likeness (QED) is 0.586. The van der Waals surface area contributed by atoms with E-state index in [-0.39, 0.29) is 24.2 Å². The van der Waals surface area contributed by atoms with Gasteiger partial charge in [0.05, 0.1) is 5.69 Å². The summed E-state index contributed by atoms with van der Waals surface area (Å²) < 4.78 is 21.7. The van der Waals surface area contributed by atoms with Crippen LogP contribution in [0.3, 0.4) is 0 Å². The highest BCUT2D eigenvalue weighted by Gasteiger charge is 2.34. The number of amides is 1. The highest BCUT2D eigenvalue weighted by atomic mass is 19.1. The zero-order valence-corrected chi connectivity index (χ0v) is 14.4. The van der Waals surface area contributed by atoms with Crippen molar-refractivity contribution in [3.8, 4) is 6.01 Å². The van der Waals surface area contributed by atoms with Crippen LogP contribution in [-0.4, -0.2) is 20.7 Å². The van der Waals surface area contributed by atoms with Gasteiger partial charge < -0.3 is 9.73 Å². The lowest BCUT2D eigenvalue weighted by Crippen LogP contribution is -2.25. The molecule has 0 saturated heterocycles. The Morgan fingerprint density at radius 3 is 2.78 bits per heavy atom. The van der Waals surface area contributed by atoms with E-state index >= 15 is 0 Å². The molecular weight excluding hydrogens is 347 g/mol. The Kier molecular flexibility index (Phi) is 3.36. The first kappa shape index (κ1) is 15.7. The van der Waals surface area contributed by atoms with Crippen molar-refractivity contribution in [2.24, 2.45) is 0 Å². The normalized spacial score (nSPS) is 16.4. The van der Waals surface area contributed by atoms with Gasteiger partial charge >= 0.3 is 6.01 Å². The number of aryl methyl sites for hydroxylation is 1. The maximum atomic E-state index is 14.4. The molecule has 0 radical (unpaired) electrons. The van der Waals surface area contributed by atoms with Crippen molar-refractivity contribution in [1.82, 2.24) is 14.8 Å². The lowest BCUT2D eigenvalue weighted by atomic mass is 9.85. The fraction of sp³-hybridized carbons (Fsp3) is 0.150. The second-order valence-corrected chi connectivity index (χ2v) is 6.55. The van der Waals surface area contributed by atoms with E-state index in [9.17, 15) is 9.18 Å². The van der Waals surface area contributed by atoms with E-state index in [0.29, 0.717) is 28.2 Å². The molecule has 7 heteroatoms. The van der Waals surface area contributed by atoms with Gasteiger partial charge in [-0.05, 0) is 30.7 Å². The summed E-state index contributed by atoms with van der Waals surface area (Å²) in [6.07, 6.45) is 0.161. The van der Waals surface area contributed by atoms with E-state index in [1.54, 1.807) is 18.2 Å². The zero-order valence-electron chi connectivity index (χ0n) is 14.4. The number of nitrogens with zero attached hydrogens (tertiary/aromatic N) is 3. The van der Waals surface area contributed by atoms with Gasteiger partial charge in [-0.15, -0.1) is 0 Å². The highest BCUT2D eigenvalue weighted by Crippen LogP contribution is 2.41. The van der Waals surface area contributed by atoms with Crippen LogP contribution in [0.1, 0.15) is 29.2 Å². The molecule has 0 unspecified atom stereocenters. The number of para-hydroxylation sites is 2. The number of rotatable bonds is 2. The van der Waals surface area contributed by atoms with Gasteiger partial charge in [0.2, 0.25) is 5.91 Å². The second-order valence-electron chi connectivity index (χ2n) is 6.55. The Morgan fingerprint density at radius 2 is 1.96 bits per heavy atom. The predicted octanol–water partition coefficient (Wildman–Crippen LogP) is 3.94. The summed E-state index contributed by atoms with van der Waals surface area (Å²) >= 11 is 0. The Hall–Kier alpha value is -3.48. The average Bonchev–Trinajstić information content (AvgIpc) is 3.22. The number of hydrogen-bond acceptors (Lipinski definition) is 4. The summed E-state index contributed by atoms with van der Waals surface area (Å²) in [6, 6.07) is 14.2. The molecule has 2 aromatic heterocycles. The van der Waals surface area contributed by atoms with E-state index in [1.807, 2.05) is 31.2 Å². The number of nitrogens with one attached hydrogen (secondary N) is 1. The number of aromatic nitrogens is 3. The van der Waals surface area contributed by atoms with Gasteiger partial charge in [0, 0.05) is 17.9 Å². The Labute approximate surface area is 153 Å². The first-order chi connectivity index (χ1) is 13.1. The second kappa shape index (κ2) is 5.77. The van der Waals surface area contributed by atoms with Crippen LogP contribution >= 0.6 is 0 Å². The van der Waals surface area contributed by atoms with Crippen LogP contribution in [0.15, 0.2) is 52.9 Å². The molecule has 0 aliphatic carbocycles. The molecule has 1 N–H and O–H groups in total. The predicted molar refractivity (Wildman–Crippen MR) is 97.4 cm³/mol. The molecule has 0 spiro atoms. The number of halogens is 1. The van der Waals surface area contributed by atoms with E-state index in [2.05, 4.69) is 15.4 Å². The molecule has 3 heterocycles. The van der Waals surface area contributed by atoms with Crippen molar-refractivity contribution in [1.29, 1.82) is 0 Å². The molecule has 4 aromatic rings. The molecule has 0 bridgehead atoms. The number of carbonyl (C=O) groups excluding carboxylic acids is 1. The van der Waals surface area contributed by atoms with Crippen molar-refractivity contribution in [3.05, 3.63) is 71.2 Å². The number of benzene rings is 2. The summed E-state index contributed by atoms with van der Waals surface area (Å²) in [5, 5.41) is 7.37. The highest BCUT2D eigenvalue weighted by molar-refractivity contribution is 5.95. The Bertz CT molecular complexity index is 1160. The van der Waals surface area contributed by atoms with Gasteiger partial charge in [0.15, 0.2) is 5.58 Å². The summed E-state index contributed by atoms with van der Waals surface area (Å²) in [5.41, 5.74) is 3.28. The number of anilines is 1. The lowest BCUT2D eigenvalue weighted by Gasteiger charge is -2.24. The third-order valence-electron chi connectivity index (χ3n) is 4.85. The van der Waals surface area contributed by atoms with Gasteiger partial charge in [0.25, 0.3) is 0 Å². The Morgan fingerprint density at radius 1 is 1.19 bits per heavy atom. The number of oxazole rings is 1. The molecule has 27 heavy (non-hydrogen) atoms. The minimum atomic E-state index is -0.409. The molecule has 0 fully saturated rings. The van der Waals surface area contributed by atoms with Crippen molar-refractivity contribution in [3.63, 3.8) is 0 Å². The van der Waals surface area contributed by atoms with Gasteiger partial charge in [-0.2, -0.15) is 14.8 Å². The standard InChI is InChI=1S/C20H15FN4O2/c1-11-18-13(12-6-2-3-7-14(12)21)10-17(26)23-19(18)25(24-11)20-22-15-8-4-5-9-16(15)27-20/h2-9,13H,10H2,1H3,(H,23,26)/t13-/m1/s1. The van der Waals surface area contributed by atoms with Gasteiger partial charge in [-0.3, -0.25) is 4.79 Å². The topological polar surface area (TPSA) is 73.0 Å². The van der Waals surface area contributed by atoms with Crippen LogP contribution in [-0.2, 0) is 4.79 Å². The molecule has 1 aliphatic heterocycles. The number of fused-ring (bicyclic) bond motifs is 2. The summed E-state index contributed by atoms with van der Waals surface area (Å²) in [5.74, 6) is -0.471.